The number of hydrogen-bond acceptors (Lipinski definition) is 2. The fraction of sp³-hybridized carbons (Fsp3) is 0.500. The third kappa shape index (κ3) is 3.46. The molecule has 1 atom stereocenters. The maximum absolute atomic E-state index is 9.74. The summed E-state index contributed by atoms with van der Waals surface area (Å²) >= 11 is 12.0. The molecule has 0 saturated heterocycles. The van der Waals surface area contributed by atoms with Crippen LogP contribution in [0, 0.1) is 12.8 Å². The summed E-state index contributed by atoms with van der Waals surface area (Å²) < 4.78 is 0. The second-order valence-corrected chi connectivity index (χ2v) is 5.25. The molecule has 1 rings (SSSR count). The number of benzene rings is 1. The van der Waals surface area contributed by atoms with Crippen molar-refractivity contribution in [2.24, 2.45) is 5.92 Å². The molecule has 0 saturated carbocycles. The van der Waals surface area contributed by atoms with Crippen molar-refractivity contribution in [3.8, 4) is 5.75 Å². The molecule has 0 aliphatic rings. The van der Waals surface area contributed by atoms with Gasteiger partial charge in [-0.25, -0.2) is 0 Å². The van der Waals surface area contributed by atoms with E-state index in [2.05, 4.69) is 19.2 Å². The highest BCUT2D eigenvalue weighted by Crippen LogP contribution is 2.33. The zero-order valence-electron chi connectivity index (χ0n) is 9.72. The zero-order valence-corrected chi connectivity index (χ0v) is 11.2. The number of rotatable bonds is 4. The Bertz CT molecular complexity index is 366. The lowest BCUT2D eigenvalue weighted by atomic mass is 10.1. The maximum Gasteiger partial charge on any atom is 0.157 e. The van der Waals surface area contributed by atoms with Crippen molar-refractivity contribution in [3.05, 3.63) is 22.7 Å². The fourth-order valence-corrected chi connectivity index (χ4v) is 1.66. The monoisotopic (exact) mass is 261 g/mol. The molecular formula is C12H17Cl2NO. The van der Waals surface area contributed by atoms with Crippen LogP contribution in [0.2, 0.25) is 5.02 Å². The lowest BCUT2D eigenvalue weighted by Crippen LogP contribution is -2.19. The number of phenols is 1. The molecular weight excluding hydrogens is 245 g/mol. The average Bonchev–Trinajstić information content (AvgIpc) is 2.20. The first-order valence-electron chi connectivity index (χ1n) is 5.29. The summed E-state index contributed by atoms with van der Waals surface area (Å²) in [7, 11) is 0. The van der Waals surface area contributed by atoms with Crippen molar-refractivity contribution in [1.82, 2.24) is 0 Å². The minimum absolute atomic E-state index is 0.0266. The highest BCUT2D eigenvalue weighted by atomic mass is 35.5. The Hall–Kier alpha value is -0.600. The molecule has 16 heavy (non-hydrogen) atoms. The largest absolute Gasteiger partial charge is 0.504 e. The summed E-state index contributed by atoms with van der Waals surface area (Å²) in [6.45, 7) is 6.65. The molecule has 0 aliphatic heterocycles. The van der Waals surface area contributed by atoms with Gasteiger partial charge < -0.3 is 10.4 Å². The first-order valence-corrected chi connectivity index (χ1v) is 6.10. The molecule has 4 heteroatoms. The van der Waals surface area contributed by atoms with E-state index in [1.165, 1.54) is 0 Å². The van der Waals surface area contributed by atoms with Gasteiger partial charge in [0, 0.05) is 6.54 Å². The Morgan fingerprint density at radius 2 is 2.00 bits per heavy atom. The third-order valence-corrected chi connectivity index (χ3v) is 3.37. The lowest BCUT2D eigenvalue weighted by molar-refractivity contribution is 0.477. The van der Waals surface area contributed by atoms with Crippen LogP contribution in [-0.2, 0) is 0 Å². The van der Waals surface area contributed by atoms with Gasteiger partial charge in [0.2, 0.25) is 0 Å². The number of phenolic OH excluding ortho intramolecular Hbond substituents is 1. The Balaban J connectivity index is 2.74. The van der Waals surface area contributed by atoms with Crippen molar-refractivity contribution in [2.75, 3.05) is 11.9 Å². The lowest BCUT2D eigenvalue weighted by Gasteiger charge is -2.16. The second kappa shape index (κ2) is 5.65. The molecule has 0 heterocycles. The molecule has 0 aromatic heterocycles. The van der Waals surface area contributed by atoms with Gasteiger partial charge >= 0.3 is 0 Å². The number of hydrogen-bond donors (Lipinski definition) is 2. The minimum atomic E-state index is 0.0266. The molecule has 0 spiro atoms. The molecule has 0 aliphatic carbocycles. The Labute approximate surface area is 107 Å². The van der Waals surface area contributed by atoms with Gasteiger partial charge in [0.05, 0.1) is 16.1 Å². The topological polar surface area (TPSA) is 32.3 Å². The molecule has 2 nitrogen and oxygen atoms in total. The van der Waals surface area contributed by atoms with Gasteiger partial charge in [-0.15, -0.1) is 11.6 Å². The molecule has 0 radical (unpaired) electrons. The fourth-order valence-electron chi connectivity index (χ4n) is 1.31. The first-order chi connectivity index (χ1) is 7.41. The van der Waals surface area contributed by atoms with Crippen LogP contribution < -0.4 is 5.32 Å². The van der Waals surface area contributed by atoms with E-state index in [0.29, 0.717) is 23.2 Å². The van der Waals surface area contributed by atoms with Gasteiger partial charge in [-0.3, -0.25) is 0 Å². The number of halogens is 2. The molecule has 0 amide bonds. The number of aryl methyl sites for hydroxylation is 1. The zero-order chi connectivity index (χ0) is 12.3. The van der Waals surface area contributed by atoms with Crippen LogP contribution in [0.15, 0.2) is 12.1 Å². The van der Waals surface area contributed by atoms with E-state index in [4.69, 9.17) is 23.2 Å². The van der Waals surface area contributed by atoms with Crippen LogP contribution in [0.1, 0.15) is 19.4 Å². The Morgan fingerprint density at radius 1 is 1.38 bits per heavy atom. The summed E-state index contributed by atoms with van der Waals surface area (Å²) in [6.07, 6.45) is 0. The molecule has 2 N–H and O–H groups in total. The van der Waals surface area contributed by atoms with Crippen LogP contribution in [0.3, 0.4) is 0 Å². The van der Waals surface area contributed by atoms with E-state index in [1.54, 1.807) is 6.07 Å². The van der Waals surface area contributed by atoms with Gasteiger partial charge in [-0.2, -0.15) is 0 Å². The summed E-state index contributed by atoms with van der Waals surface area (Å²) in [4.78, 5) is 0. The third-order valence-electron chi connectivity index (χ3n) is 2.42. The van der Waals surface area contributed by atoms with Crippen molar-refractivity contribution in [1.29, 1.82) is 0 Å². The van der Waals surface area contributed by atoms with Crippen LogP contribution in [-0.4, -0.2) is 17.0 Å². The molecule has 0 fully saturated rings. The summed E-state index contributed by atoms with van der Waals surface area (Å²) in [5.41, 5.74) is 1.64. The molecule has 1 aromatic rings. The molecule has 90 valence electrons. The second-order valence-electron chi connectivity index (χ2n) is 4.28. The average molecular weight is 262 g/mol. The number of alkyl halides is 1. The van der Waals surface area contributed by atoms with Crippen molar-refractivity contribution < 1.29 is 5.11 Å². The summed E-state index contributed by atoms with van der Waals surface area (Å²) in [6, 6.07) is 3.58. The van der Waals surface area contributed by atoms with Gasteiger partial charge in [-0.05, 0) is 30.5 Å². The van der Waals surface area contributed by atoms with Crippen LogP contribution in [0.25, 0.3) is 0 Å². The van der Waals surface area contributed by atoms with E-state index in [9.17, 15) is 5.11 Å². The molecule has 0 bridgehead atoms. The van der Waals surface area contributed by atoms with Gasteiger partial charge in [-0.1, -0.05) is 25.4 Å². The molecule has 1 aromatic carbocycles. The van der Waals surface area contributed by atoms with Crippen molar-refractivity contribution in [2.45, 2.75) is 26.1 Å². The van der Waals surface area contributed by atoms with E-state index >= 15 is 0 Å². The quantitative estimate of drug-likeness (QED) is 0.634. The standard InChI is InChI=1S/C12H17Cl2NO/c1-7(2)10(14)6-15-11-5-8(3)4-9(13)12(11)16/h4-5,7,10,15-16H,6H2,1-3H3/t10-/m1/s1. The predicted molar refractivity (Wildman–Crippen MR) is 70.8 cm³/mol. The summed E-state index contributed by atoms with van der Waals surface area (Å²) in [5.74, 6) is 0.469. The number of nitrogens with one attached hydrogen (secondary N) is 1. The van der Waals surface area contributed by atoms with Gasteiger partial charge in [0.25, 0.3) is 0 Å². The maximum atomic E-state index is 9.74. The number of aromatic hydroxyl groups is 1. The Morgan fingerprint density at radius 3 is 2.56 bits per heavy atom. The van der Waals surface area contributed by atoms with Crippen molar-refractivity contribution >= 4 is 28.9 Å². The van der Waals surface area contributed by atoms with E-state index in [0.717, 1.165) is 5.56 Å². The van der Waals surface area contributed by atoms with E-state index in [1.807, 2.05) is 13.0 Å². The van der Waals surface area contributed by atoms with Gasteiger partial charge in [0.1, 0.15) is 0 Å². The van der Waals surface area contributed by atoms with Crippen LogP contribution in [0.5, 0.6) is 5.75 Å². The van der Waals surface area contributed by atoms with Crippen LogP contribution in [0.4, 0.5) is 5.69 Å². The first kappa shape index (κ1) is 13.5. The smallest absolute Gasteiger partial charge is 0.157 e. The summed E-state index contributed by atoms with van der Waals surface area (Å²) in [5, 5.41) is 13.2. The van der Waals surface area contributed by atoms with Gasteiger partial charge in [0.15, 0.2) is 5.75 Å². The highest BCUT2D eigenvalue weighted by Gasteiger charge is 2.11. The van der Waals surface area contributed by atoms with E-state index in [-0.39, 0.29) is 11.1 Å². The van der Waals surface area contributed by atoms with Crippen molar-refractivity contribution in [3.63, 3.8) is 0 Å². The predicted octanol–water partition coefficient (Wildman–Crippen LogP) is 4.03. The normalized spacial score (nSPS) is 12.9. The Kier molecular flexibility index (Phi) is 4.75. The van der Waals surface area contributed by atoms with Crippen LogP contribution >= 0.6 is 23.2 Å². The molecule has 0 unspecified atom stereocenters. The number of anilines is 1. The highest BCUT2D eigenvalue weighted by molar-refractivity contribution is 6.32. The minimum Gasteiger partial charge on any atom is -0.504 e. The SMILES string of the molecule is Cc1cc(Cl)c(O)c(NC[C@@H](Cl)C(C)C)c1. The van der Waals surface area contributed by atoms with E-state index < -0.39 is 0 Å².